The molecular formula is C24H17Cl2F4N3O4S. The number of sulfonamides is 1. The number of rotatable bonds is 5. The lowest BCUT2D eigenvalue weighted by atomic mass is 10.1. The van der Waals surface area contributed by atoms with Gasteiger partial charge < -0.3 is 10.6 Å². The SMILES string of the molecule is Cc1ccc(F)cc1NC(=O)CC1C(=O)Nc2ccccc2N1S(=O)(=O)c1cc(Cl)c(Cl)c(C(F)(F)F)c1. The normalized spacial score (nSPS) is 15.6. The largest absolute Gasteiger partial charge is 0.417 e. The lowest BCUT2D eigenvalue weighted by Crippen LogP contribution is -2.52. The number of anilines is 3. The quantitative estimate of drug-likeness (QED) is 0.356. The lowest BCUT2D eigenvalue weighted by molar-refractivity contribution is -0.137. The topological polar surface area (TPSA) is 95.6 Å². The second-order valence-electron chi connectivity index (χ2n) is 8.30. The van der Waals surface area contributed by atoms with Crippen LogP contribution in [-0.2, 0) is 25.8 Å². The van der Waals surface area contributed by atoms with Crippen LogP contribution >= 0.6 is 23.2 Å². The number of fused-ring (bicyclic) bond motifs is 1. The lowest BCUT2D eigenvalue weighted by Gasteiger charge is -2.36. The average Bonchev–Trinajstić information content (AvgIpc) is 2.82. The number of amides is 2. The van der Waals surface area contributed by atoms with Gasteiger partial charge in [-0.3, -0.25) is 13.9 Å². The first-order valence-electron chi connectivity index (χ1n) is 10.8. The predicted molar refractivity (Wildman–Crippen MR) is 134 cm³/mol. The van der Waals surface area contributed by atoms with E-state index in [0.29, 0.717) is 15.9 Å². The zero-order valence-corrected chi connectivity index (χ0v) is 21.6. The molecule has 0 fully saturated rings. The van der Waals surface area contributed by atoms with Crippen LogP contribution < -0.4 is 14.9 Å². The van der Waals surface area contributed by atoms with E-state index < -0.39 is 66.8 Å². The van der Waals surface area contributed by atoms with Crippen molar-refractivity contribution in [3.63, 3.8) is 0 Å². The molecule has 0 saturated carbocycles. The first-order valence-corrected chi connectivity index (χ1v) is 13.0. The van der Waals surface area contributed by atoms with Gasteiger partial charge in [0.25, 0.3) is 10.0 Å². The highest BCUT2D eigenvalue weighted by molar-refractivity contribution is 7.93. The summed E-state index contributed by atoms with van der Waals surface area (Å²) in [6.07, 6.45) is -5.78. The zero-order valence-electron chi connectivity index (χ0n) is 19.2. The van der Waals surface area contributed by atoms with Crippen LogP contribution in [0.25, 0.3) is 0 Å². The standard InChI is InChI=1S/C24H17Cl2F4N3O4S/c1-12-6-7-13(27)8-18(12)31-21(34)11-20-23(35)32-17-4-2-3-5-19(17)33(20)38(36,37)14-9-15(24(28,29)30)22(26)16(25)10-14/h2-10,20H,11H2,1H3,(H,31,34)(H,32,35). The Bertz CT molecular complexity index is 1560. The first-order chi connectivity index (χ1) is 17.7. The van der Waals surface area contributed by atoms with Crippen LogP contribution in [0.3, 0.4) is 0 Å². The number of aryl methyl sites for hydroxylation is 1. The predicted octanol–water partition coefficient (Wildman–Crippen LogP) is 6.00. The fraction of sp³-hybridized carbons (Fsp3) is 0.167. The first kappa shape index (κ1) is 27.7. The molecule has 1 atom stereocenters. The molecule has 0 aromatic heterocycles. The van der Waals surface area contributed by atoms with Gasteiger partial charge in [0, 0.05) is 5.69 Å². The summed E-state index contributed by atoms with van der Waals surface area (Å²) in [6, 6.07) is 8.62. The molecule has 2 amide bonds. The van der Waals surface area contributed by atoms with Gasteiger partial charge in [-0.15, -0.1) is 0 Å². The van der Waals surface area contributed by atoms with Crippen molar-refractivity contribution in [2.75, 3.05) is 14.9 Å². The van der Waals surface area contributed by atoms with Crippen LogP contribution in [0.2, 0.25) is 10.0 Å². The number of hydrogen-bond donors (Lipinski definition) is 2. The van der Waals surface area contributed by atoms with Gasteiger partial charge in [0.1, 0.15) is 11.9 Å². The average molecular weight is 590 g/mol. The minimum absolute atomic E-state index is 0.0508. The maximum absolute atomic E-state index is 13.8. The van der Waals surface area contributed by atoms with Crippen LogP contribution in [-0.4, -0.2) is 26.3 Å². The van der Waals surface area contributed by atoms with Crippen molar-refractivity contribution < 1.29 is 35.6 Å². The molecule has 2 N–H and O–H groups in total. The van der Waals surface area contributed by atoms with Crippen molar-refractivity contribution in [1.82, 2.24) is 0 Å². The fourth-order valence-electron chi connectivity index (χ4n) is 3.87. The highest BCUT2D eigenvalue weighted by Crippen LogP contribution is 2.42. The number of para-hydroxylation sites is 2. The van der Waals surface area contributed by atoms with Crippen LogP contribution in [0.5, 0.6) is 0 Å². The van der Waals surface area contributed by atoms with E-state index in [1.165, 1.54) is 36.4 Å². The number of halogens is 6. The molecule has 38 heavy (non-hydrogen) atoms. The van der Waals surface area contributed by atoms with Crippen molar-refractivity contribution >= 4 is 62.1 Å². The van der Waals surface area contributed by atoms with Gasteiger partial charge in [-0.2, -0.15) is 13.2 Å². The Kier molecular flexibility index (Phi) is 7.34. The van der Waals surface area contributed by atoms with Gasteiger partial charge >= 0.3 is 6.18 Å². The summed E-state index contributed by atoms with van der Waals surface area (Å²) in [5.41, 5.74) is -0.935. The van der Waals surface area contributed by atoms with Gasteiger partial charge in [-0.1, -0.05) is 41.4 Å². The molecule has 1 aliphatic rings. The van der Waals surface area contributed by atoms with Crippen LogP contribution in [0.1, 0.15) is 17.5 Å². The molecule has 3 aromatic rings. The third-order valence-corrected chi connectivity index (χ3v) is 8.30. The highest BCUT2D eigenvalue weighted by Gasteiger charge is 2.43. The molecule has 4 rings (SSSR count). The summed E-state index contributed by atoms with van der Waals surface area (Å²) in [6.45, 7) is 1.60. The Morgan fingerprint density at radius 2 is 1.79 bits per heavy atom. The third-order valence-electron chi connectivity index (χ3n) is 5.70. The molecule has 1 unspecified atom stereocenters. The second kappa shape index (κ2) is 10.1. The van der Waals surface area contributed by atoms with E-state index in [2.05, 4.69) is 10.6 Å². The molecule has 7 nitrogen and oxygen atoms in total. The van der Waals surface area contributed by atoms with E-state index in [1.807, 2.05) is 0 Å². The molecular weight excluding hydrogens is 573 g/mol. The summed E-state index contributed by atoms with van der Waals surface area (Å²) in [5, 5.41) is 3.36. The monoisotopic (exact) mass is 589 g/mol. The van der Waals surface area contributed by atoms with Crippen molar-refractivity contribution in [3.05, 3.63) is 81.6 Å². The Balaban J connectivity index is 1.80. The van der Waals surface area contributed by atoms with Crippen molar-refractivity contribution in [3.8, 4) is 0 Å². The van der Waals surface area contributed by atoms with Crippen molar-refractivity contribution in [2.45, 2.75) is 30.5 Å². The molecule has 0 spiro atoms. The van der Waals surface area contributed by atoms with Gasteiger partial charge in [-0.05, 0) is 48.9 Å². The van der Waals surface area contributed by atoms with Gasteiger partial charge in [0.05, 0.1) is 38.3 Å². The van der Waals surface area contributed by atoms with Crippen molar-refractivity contribution in [2.24, 2.45) is 0 Å². The minimum Gasteiger partial charge on any atom is -0.326 e. The van der Waals surface area contributed by atoms with E-state index in [-0.39, 0.29) is 17.1 Å². The second-order valence-corrected chi connectivity index (χ2v) is 10.9. The molecule has 0 radical (unpaired) electrons. The number of carbonyl (C=O) groups excluding carboxylic acids is 2. The summed E-state index contributed by atoms with van der Waals surface area (Å²) in [5.74, 6) is -2.39. The van der Waals surface area contributed by atoms with E-state index in [4.69, 9.17) is 23.2 Å². The molecule has 1 aliphatic heterocycles. The zero-order chi connectivity index (χ0) is 28.0. The molecule has 3 aromatic carbocycles. The van der Waals surface area contributed by atoms with Crippen LogP contribution in [0.4, 0.5) is 34.6 Å². The van der Waals surface area contributed by atoms with Gasteiger partial charge in [0.2, 0.25) is 11.8 Å². The molecule has 14 heteroatoms. The molecule has 1 heterocycles. The van der Waals surface area contributed by atoms with Crippen LogP contribution in [0, 0.1) is 12.7 Å². The summed E-state index contributed by atoms with van der Waals surface area (Å²) in [4.78, 5) is 25.0. The molecule has 0 aliphatic carbocycles. The van der Waals surface area contributed by atoms with E-state index in [0.717, 1.165) is 12.1 Å². The fourth-order valence-corrected chi connectivity index (χ4v) is 6.06. The minimum atomic E-state index is -5.04. The number of carbonyl (C=O) groups is 2. The summed E-state index contributed by atoms with van der Waals surface area (Å²) < 4.78 is 82.5. The Labute approximate surface area is 224 Å². The number of hydrogen-bond acceptors (Lipinski definition) is 4. The highest BCUT2D eigenvalue weighted by atomic mass is 35.5. The molecule has 0 bridgehead atoms. The molecule has 200 valence electrons. The summed E-state index contributed by atoms with van der Waals surface area (Å²) >= 11 is 11.5. The number of benzene rings is 3. The van der Waals surface area contributed by atoms with Crippen LogP contribution in [0.15, 0.2) is 59.5 Å². The number of nitrogens with one attached hydrogen (secondary N) is 2. The van der Waals surface area contributed by atoms with E-state index >= 15 is 0 Å². The Morgan fingerprint density at radius 1 is 1.11 bits per heavy atom. The Hall–Kier alpha value is -3.35. The van der Waals surface area contributed by atoms with Gasteiger partial charge in [0.15, 0.2) is 0 Å². The number of nitrogens with zero attached hydrogens (tertiary/aromatic N) is 1. The smallest absolute Gasteiger partial charge is 0.326 e. The number of alkyl halides is 3. The van der Waals surface area contributed by atoms with E-state index in [1.54, 1.807) is 6.92 Å². The van der Waals surface area contributed by atoms with Crippen molar-refractivity contribution in [1.29, 1.82) is 0 Å². The van der Waals surface area contributed by atoms with E-state index in [9.17, 15) is 35.6 Å². The Morgan fingerprint density at radius 3 is 2.47 bits per heavy atom. The van der Waals surface area contributed by atoms with Gasteiger partial charge in [-0.25, -0.2) is 12.8 Å². The maximum atomic E-state index is 13.8. The maximum Gasteiger partial charge on any atom is 0.417 e. The third kappa shape index (κ3) is 5.29. The summed E-state index contributed by atoms with van der Waals surface area (Å²) in [7, 11) is -4.92. The molecule has 0 saturated heterocycles.